The fourth-order valence-electron chi connectivity index (χ4n) is 2.02. The highest BCUT2D eigenvalue weighted by molar-refractivity contribution is 5.89. The summed E-state index contributed by atoms with van der Waals surface area (Å²) in [4.78, 5) is 23.1. The number of aliphatic carboxylic acids is 1. The number of ether oxygens (including phenoxy) is 1. The van der Waals surface area contributed by atoms with Crippen LogP contribution < -0.4 is 0 Å². The molecule has 25 heavy (non-hydrogen) atoms. The van der Waals surface area contributed by atoms with Crippen molar-refractivity contribution in [2.75, 3.05) is 0 Å². The Morgan fingerprint density at radius 3 is 2.28 bits per heavy atom. The number of carboxylic acid groups (broad SMARTS) is 1. The molecule has 0 unspecified atom stereocenters. The Morgan fingerprint density at radius 2 is 1.68 bits per heavy atom. The molecule has 130 valence electrons. The zero-order valence-electron chi connectivity index (χ0n) is 13.0. The van der Waals surface area contributed by atoms with Crippen LogP contribution in [0.25, 0.3) is 6.08 Å². The number of benzene rings is 2. The molecular weight excluding hydrogens is 328 g/mol. The first-order valence-electron chi connectivity index (χ1n) is 7.26. The van der Waals surface area contributed by atoms with E-state index in [1.54, 1.807) is 12.1 Å². The van der Waals surface area contributed by atoms with E-state index in [1.807, 2.05) is 0 Å². The van der Waals surface area contributed by atoms with Crippen LogP contribution in [0.5, 0.6) is 17.2 Å². The van der Waals surface area contributed by atoms with Crippen molar-refractivity contribution in [2.24, 2.45) is 0 Å². The lowest BCUT2D eigenvalue weighted by Gasteiger charge is -2.13. The van der Waals surface area contributed by atoms with Crippen LogP contribution in [-0.4, -0.2) is 38.5 Å². The van der Waals surface area contributed by atoms with Crippen LogP contribution in [0.4, 0.5) is 0 Å². The summed E-state index contributed by atoms with van der Waals surface area (Å²) < 4.78 is 4.91. The Bertz CT molecular complexity index is 794. The first-order chi connectivity index (χ1) is 11.8. The number of phenolic OH excluding ortho intramolecular Hbond substituents is 3. The Kier molecular flexibility index (Phi) is 5.62. The van der Waals surface area contributed by atoms with Crippen LogP contribution in [-0.2, 0) is 20.7 Å². The number of carbonyl (C=O) groups is 2. The summed E-state index contributed by atoms with van der Waals surface area (Å²) >= 11 is 0. The monoisotopic (exact) mass is 344 g/mol. The number of aromatic hydroxyl groups is 3. The molecule has 0 amide bonds. The average molecular weight is 344 g/mol. The summed E-state index contributed by atoms with van der Waals surface area (Å²) in [5.74, 6) is -2.81. The molecule has 0 aliphatic carbocycles. The summed E-state index contributed by atoms with van der Waals surface area (Å²) in [6.45, 7) is 0. The van der Waals surface area contributed by atoms with Gasteiger partial charge in [-0.2, -0.15) is 0 Å². The Morgan fingerprint density at radius 1 is 1.00 bits per heavy atom. The highest BCUT2D eigenvalue weighted by Gasteiger charge is 2.22. The normalized spacial score (nSPS) is 12.0. The number of carboxylic acids is 1. The first-order valence-corrected chi connectivity index (χ1v) is 7.26. The first kappa shape index (κ1) is 17.9. The molecule has 7 heteroatoms. The molecule has 2 rings (SSSR count). The SMILES string of the molecule is O=C(C=Cc1ccc(O)cc1)O[C@H](Cc1ccc(O)c(O)c1)C(=O)O. The van der Waals surface area contributed by atoms with E-state index in [-0.39, 0.29) is 23.7 Å². The van der Waals surface area contributed by atoms with Crippen molar-refractivity contribution in [1.29, 1.82) is 0 Å². The maximum absolute atomic E-state index is 11.8. The zero-order valence-corrected chi connectivity index (χ0v) is 13.0. The van der Waals surface area contributed by atoms with Gasteiger partial charge in [-0.3, -0.25) is 0 Å². The third kappa shape index (κ3) is 5.28. The van der Waals surface area contributed by atoms with Crippen LogP contribution in [0.2, 0.25) is 0 Å². The zero-order chi connectivity index (χ0) is 18.4. The minimum atomic E-state index is -1.44. The van der Waals surface area contributed by atoms with Gasteiger partial charge in [0.2, 0.25) is 6.10 Å². The van der Waals surface area contributed by atoms with Gasteiger partial charge in [0.1, 0.15) is 5.75 Å². The predicted molar refractivity (Wildman–Crippen MR) is 88.1 cm³/mol. The van der Waals surface area contributed by atoms with E-state index in [0.717, 1.165) is 6.08 Å². The van der Waals surface area contributed by atoms with E-state index in [0.29, 0.717) is 11.1 Å². The summed E-state index contributed by atoms with van der Waals surface area (Å²) in [5.41, 5.74) is 1.02. The molecule has 0 spiro atoms. The van der Waals surface area contributed by atoms with Gasteiger partial charge >= 0.3 is 11.9 Å². The largest absolute Gasteiger partial charge is 0.508 e. The fraction of sp³-hybridized carbons (Fsp3) is 0.111. The molecule has 0 saturated carbocycles. The molecule has 0 saturated heterocycles. The molecule has 0 heterocycles. The lowest BCUT2D eigenvalue weighted by atomic mass is 10.1. The molecule has 0 radical (unpaired) electrons. The van der Waals surface area contributed by atoms with Gasteiger partial charge < -0.3 is 25.2 Å². The molecule has 0 bridgehead atoms. The number of carbonyl (C=O) groups excluding carboxylic acids is 1. The summed E-state index contributed by atoms with van der Waals surface area (Å²) in [6, 6.07) is 9.89. The van der Waals surface area contributed by atoms with Crippen molar-refractivity contribution in [2.45, 2.75) is 12.5 Å². The van der Waals surface area contributed by atoms with Crippen molar-refractivity contribution in [3.63, 3.8) is 0 Å². The van der Waals surface area contributed by atoms with Gasteiger partial charge in [-0.1, -0.05) is 18.2 Å². The minimum Gasteiger partial charge on any atom is -0.508 e. The lowest BCUT2D eigenvalue weighted by Crippen LogP contribution is -2.28. The number of hydrogen-bond donors (Lipinski definition) is 4. The van der Waals surface area contributed by atoms with Gasteiger partial charge in [-0.05, 0) is 41.5 Å². The molecule has 2 aromatic carbocycles. The van der Waals surface area contributed by atoms with E-state index >= 15 is 0 Å². The molecule has 0 aliphatic rings. The van der Waals surface area contributed by atoms with Crippen molar-refractivity contribution >= 4 is 18.0 Å². The van der Waals surface area contributed by atoms with Gasteiger partial charge in [0.05, 0.1) is 0 Å². The number of rotatable bonds is 6. The van der Waals surface area contributed by atoms with Crippen molar-refractivity contribution in [1.82, 2.24) is 0 Å². The second-order valence-corrected chi connectivity index (χ2v) is 5.22. The van der Waals surface area contributed by atoms with Gasteiger partial charge in [0.15, 0.2) is 11.5 Å². The van der Waals surface area contributed by atoms with Crippen LogP contribution in [0.1, 0.15) is 11.1 Å². The Balaban J connectivity index is 2.02. The number of hydrogen-bond acceptors (Lipinski definition) is 6. The van der Waals surface area contributed by atoms with Crippen molar-refractivity contribution in [3.05, 3.63) is 59.7 Å². The molecule has 7 nitrogen and oxygen atoms in total. The van der Waals surface area contributed by atoms with E-state index in [2.05, 4.69) is 0 Å². The van der Waals surface area contributed by atoms with E-state index in [9.17, 15) is 30.0 Å². The van der Waals surface area contributed by atoms with Gasteiger partial charge in [-0.25, -0.2) is 9.59 Å². The molecule has 2 aromatic rings. The molecule has 1 atom stereocenters. The third-order valence-corrected chi connectivity index (χ3v) is 3.30. The van der Waals surface area contributed by atoms with E-state index in [4.69, 9.17) is 4.74 Å². The Labute approximate surface area is 143 Å². The van der Waals surface area contributed by atoms with Crippen molar-refractivity contribution in [3.8, 4) is 17.2 Å². The second-order valence-electron chi connectivity index (χ2n) is 5.22. The molecule has 4 N–H and O–H groups in total. The molecular formula is C18H16O7. The van der Waals surface area contributed by atoms with Gasteiger partial charge in [-0.15, -0.1) is 0 Å². The van der Waals surface area contributed by atoms with Crippen LogP contribution in [0.15, 0.2) is 48.5 Å². The van der Waals surface area contributed by atoms with Gasteiger partial charge in [0, 0.05) is 12.5 Å². The van der Waals surface area contributed by atoms with Gasteiger partial charge in [0.25, 0.3) is 0 Å². The van der Waals surface area contributed by atoms with Crippen molar-refractivity contribution < 1.29 is 34.8 Å². The molecule has 0 fully saturated rings. The summed E-state index contributed by atoms with van der Waals surface area (Å²) in [7, 11) is 0. The lowest BCUT2D eigenvalue weighted by molar-refractivity contribution is -0.160. The number of phenols is 3. The van der Waals surface area contributed by atoms with Crippen LogP contribution in [0, 0.1) is 0 Å². The molecule has 0 aromatic heterocycles. The summed E-state index contributed by atoms with van der Waals surface area (Å²) in [6.07, 6.45) is 0.895. The standard InChI is InChI=1S/C18H16O7/c19-13-5-1-11(2-6-13)4-8-17(22)25-16(18(23)24)10-12-3-7-14(20)15(21)9-12/h1-9,16,19-21H,10H2,(H,23,24)/t16-/m1/s1. The second kappa shape index (κ2) is 7.87. The maximum atomic E-state index is 11.8. The highest BCUT2D eigenvalue weighted by atomic mass is 16.6. The van der Waals surface area contributed by atoms with Crippen LogP contribution >= 0.6 is 0 Å². The fourth-order valence-corrected chi connectivity index (χ4v) is 2.02. The number of esters is 1. The van der Waals surface area contributed by atoms with E-state index in [1.165, 1.54) is 36.4 Å². The smallest absolute Gasteiger partial charge is 0.345 e. The average Bonchev–Trinajstić information content (AvgIpc) is 2.57. The maximum Gasteiger partial charge on any atom is 0.345 e. The predicted octanol–water partition coefficient (Wildman–Crippen LogP) is 2.06. The summed E-state index contributed by atoms with van der Waals surface area (Å²) in [5, 5.41) is 37.0. The van der Waals surface area contributed by atoms with Crippen LogP contribution in [0.3, 0.4) is 0 Å². The third-order valence-electron chi connectivity index (χ3n) is 3.30. The minimum absolute atomic E-state index is 0.0859. The highest BCUT2D eigenvalue weighted by Crippen LogP contribution is 2.25. The molecule has 0 aliphatic heterocycles. The Hall–Kier alpha value is -3.48. The topological polar surface area (TPSA) is 124 Å². The quantitative estimate of drug-likeness (QED) is 0.359. The van der Waals surface area contributed by atoms with E-state index < -0.39 is 18.0 Å².